The monoisotopic (exact) mass is 314 g/mol. The minimum Gasteiger partial charge on any atom is -0.352 e. The van der Waals surface area contributed by atoms with Crippen LogP contribution in [-0.2, 0) is 27.9 Å². The molecule has 0 unspecified atom stereocenters. The van der Waals surface area contributed by atoms with Crippen molar-refractivity contribution in [2.24, 2.45) is 5.92 Å². The van der Waals surface area contributed by atoms with Crippen molar-refractivity contribution in [3.63, 3.8) is 0 Å². The zero-order valence-electron chi connectivity index (χ0n) is 12.4. The molecule has 1 N–H and O–H groups in total. The Morgan fingerprint density at radius 2 is 2.10 bits per heavy atom. The summed E-state index contributed by atoms with van der Waals surface area (Å²) in [4.78, 5) is 12.1. The quantitative estimate of drug-likeness (QED) is 0.841. The molecule has 1 aliphatic heterocycles. The van der Waals surface area contributed by atoms with Gasteiger partial charge < -0.3 is 5.32 Å². The molecule has 0 bridgehead atoms. The average Bonchev–Trinajstić information content (AvgIpc) is 2.92. The number of hydrogen-bond donors (Lipinski definition) is 1. The third-order valence-electron chi connectivity index (χ3n) is 3.77. The maximum absolute atomic E-state index is 12.1. The van der Waals surface area contributed by atoms with Gasteiger partial charge in [-0.05, 0) is 19.8 Å². The second-order valence-electron chi connectivity index (χ2n) is 5.36. The SMILES string of the molecule is CCn1cc(CNC(=O)C2CCN(S(C)(=O)=O)CC2)cn1. The highest BCUT2D eigenvalue weighted by atomic mass is 32.2. The number of rotatable bonds is 5. The molecule has 2 heterocycles. The zero-order chi connectivity index (χ0) is 15.5. The second kappa shape index (κ2) is 6.57. The van der Waals surface area contributed by atoms with Crippen molar-refractivity contribution in [3.8, 4) is 0 Å². The Labute approximate surface area is 125 Å². The fourth-order valence-electron chi connectivity index (χ4n) is 2.45. The number of amides is 1. The van der Waals surface area contributed by atoms with Gasteiger partial charge in [0.25, 0.3) is 0 Å². The van der Waals surface area contributed by atoms with Crippen molar-refractivity contribution in [1.82, 2.24) is 19.4 Å². The fourth-order valence-corrected chi connectivity index (χ4v) is 3.33. The standard InChI is InChI=1S/C13H22N4O3S/c1-3-16-10-11(9-15-16)8-14-13(18)12-4-6-17(7-5-12)21(2,19)20/h9-10,12H,3-8H2,1-2H3,(H,14,18). The van der Waals surface area contributed by atoms with Crippen molar-refractivity contribution in [3.05, 3.63) is 18.0 Å². The average molecular weight is 314 g/mol. The van der Waals surface area contributed by atoms with Gasteiger partial charge in [0.1, 0.15) is 0 Å². The van der Waals surface area contributed by atoms with Crippen LogP contribution >= 0.6 is 0 Å². The smallest absolute Gasteiger partial charge is 0.223 e. The van der Waals surface area contributed by atoms with Crippen LogP contribution in [0.5, 0.6) is 0 Å². The molecule has 0 atom stereocenters. The van der Waals surface area contributed by atoms with Crippen LogP contribution in [0.3, 0.4) is 0 Å². The summed E-state index contributed by atoms with van der Waals surface area (Å²) in [6.07, 6.45) is 6.02. The lowest BCUT2D eigenvalue weighted by molar-refractivity contribution is -0.126. The van der Waals surface area contributed by atoms with E-state index in [0.717, 1.165) is 12.1 Å². The van der Waals surface area contributed by atoms with Crippen LogP contribution in [0.1, 0.15) is 25.3 Å². The van der Waals surface area contributed by atoms with Gasteiger partial charge in [-0.25, -0.2) is 12.7 Å². The van der Waals surface area contributed by atoms with Gasteiger partial charge in [0, 0.05) is 43.9 Å². The summed E-state index contributed by atoms with van der Waals surface area (Å²) in [5.74, 6) is -0.114. The van der Waals surface area contributed by atoms with Crippen molar-refractivity contribution in [1.29, 1.82) is 0 Å². The van der Waals surface area contributed by atoms with Crippen LogP contribution in [0.2, 0.25) is 0 Å². The molecule has 21 heavy (non-hydrogen) atoms. The number of carbonyl (C=O) groups is 1. The van der Waals surface area contributed by atoms with Crippen molar-refractivity contribution >= 4 is 15.9 Å². The Hall–Kier alpha value is -1.41. The van der Waals surface area contributed by atoms with Crippen molar-refractivity contribution in [2.75, 3.05) is 19.3 Å². The third-order valence-corrected chi connectivity index (χ3v) is 5.07. The molecule has 1 fully saturated rings. The number of nitrogens with zero attached hydrogens (tertiary/aromatic N) is 3. The summed E-state index contributed by atoms with van der Waals surface area (Å²) in [7, 11) is -3.14. The van der Waals surface area contributed by atoms with E-state index in [1.807, 2.05) is 17.8 Å². The van der Waals surface area contributed by atoms with E-state index in [1.54, 1.807) is 6.20 Å². The van der Waals surface area contributed by atoms with Crippen LogP contribution in [0.4, 0.5) is 0 Å². The summed E-state index contributed by atoms with van der Waals surface area (Å²) in [5.41, 5.74) is 0.971. The topological polar surface area (TPSA) is 84.3 Å². The highest BCUT2D eigenvalue weighted by Gasteiger charge is 2.28. The first-order chi connectivity index (χ1) is 9.90. The first-order valence-corrected chi connectivity index (χ1v) is 8.99. The molecule has 1 aromatic rings. The Kier molecular flexibility index (Phi) is 5.00. The van der Waals surface area contributed by atoms with Gasteiger partial charge >= 0.3 is 0 Å². The fraction of sp³-hybridized carbons (Fsp3) is 0.692. The van der Waals surface area contributed by atoms with E-state index in [9.17, 15) is 13.2 Å². The number of sulfonamides is 1. The second-order valence-corrected chi connectivity index (χ2v) is 7.34. The van der Waals surface area contributed by atoms with Gasteiger partial charge in [0.2, 0.25) is 15.9 Å². The number of nitrogens with one attached hydrogen (secondary N) is 1. The molecule has 1 saturated heterocycles. The van der Waals surface area contributed by atoms with Crippen LogP contribution in [-0.4, -0.2) is 47.8 Å². The van der Waals surface area contributed by atoms with Crippen LogP contribution in [0, 0.1) is 5.92 Å². The predicted molar refractivity (Wildman–Crippen MR) is 78.9 cm³/mol. The lowest BCUT2D eigenvalue weighted by Crippen LogP contribution is -2.42. The maximum atomic E-state index is 12.1. The molecule has 0 saturated carbocycles. The summed E-state index contributed by atoms with van der Waals surface area (Å²) < 4.78 is 26.1. The molecule has 2 rings (SSSR count). The Balaban J connectivity index is 1.80. The van der Waals surface area contributed by atoms with Gasteiger partial charge in [0.05, 0.1) is 12.5 Å². The molecule has 1 amide bonds. The first kappa shape index (κ1) is 16.0. The van der Waals surface area contributed by atoms with E-state index in [2.05, 4.69) is 10.4 Å². The molecule has 0 spiro atoms. The molecule has 1 aliphatic rings. The first-order valence-electron chi connectivity index (χ1n) is 7.14. The number of aromatic nitrogens is 2. The number of carbonyl (C=O) groups excluding carboxylic acids is 1. The highest BCUT2D eigenvalue weighted by Crippen LogP contribution is 2.19. The molecular weight excluding hydrogens is 292 g/mol. The largest absolute Gasteiger partial charge is 0.352 e. The van der Waals surface area contributed by atoms with E-state index < -0.39 is 10.0 Å². The van der Waals surface area contributed by atoms with Gasteiger partial charge in [-0.2, -0.15) is 5.10 Å². The molecule has 7 nitrogen and oxygen atoms in total. The molecule has 118 valence electrons. The predicted octanol–water partition coefficient (Wildman–Crippen LogP) is 0.191. The molecule has 8 heteroatoms. The van der Waals surface area contributed by atoms with E-state index in [0.29, 0.717) is 32.5 Å². The summed E-state index contributed by atoms with van der Waals surface area (Å²) >= 11 is 0. The number of aryl methyl sites for hydroxylation is 1. The normalized spacial score (nSPS) is 17.8. The van der Waals surface area contributed by atoms with E-state index >= 15 is 0 Å². The zero-order valence-corrected chi connectivity index (χ0v) is 13.3. The Morgan fingerprint density at radius 3 is 2.62 bits per heavy atom. The number of piperidine rings is 1. The van der Waals surface area contributed by atoms with Gasteiger partial charge in [-0.3, -0.25) is 9.48 Å². The van der Waals surface area contributed by atoms with Crippen LogP contribution < -0.4 is 5.32 Å². The molecular formula is C13H22N4O3S. The Bertz CT molecular complexity index is 588. The minimum absolute atomic E-state index is 0.00704. The molecule has 0 radical (unpaired) electrons. The molecule has 0 aliphatic carbocycles. The van der Waals surface area contributed by atoms with Crippen molar-refractivity contribution < 1.29 is 13.2 Å². The summed E-state index contributed by atoms with van der Waals surface area (Å²) in [5, 5.41) is 7.05. The minimum atomic E-state index is -3.14. The van der Waals surface area contributed by atoms with Gasteiger partial charge in [0.15, 0.2) is 0 Å². The molecule has 0 aromatic carbocycles. The van der Waals surface area contributed by atoms with Crippen LogP contribution in [0.15, 0.2) is 12.4 Å². The summed E-state index contributed by atoms with van der Waals surface area (Å²) in [6.45, 7) is 4.11. The maximum Gasteiger partial charge on any atom is 0.223 e. The van der Waals surface area contributed by atoms with E-state index in [4.69, 9.17) is 0 Å². The lowest BCUT2D eigenvalue weighted by Gasteiger charge is -2.29. The summed E-state index contributed by atoms with van der Waals surface area (Å²) in [6, 6.07) is 0. The highest BCUT2D eigenvalue weighted by molar-refractivity contribution is 7.88. The van der Waals surface area contributed by atoms with Gasteiger partial charge in [-0.15, -0.1) is 0 Å². The van der Waals surface area contributed by atoms with E-state index in [1.165, 1.54) is 10.6 Å². The van der Waals surface area contributed by atoms with Gasteiger partial charge in [-0.1, -0.05) is 0 Å². The molecule has 1 aromatic heterocycles. The van der Waals surface area contributed by atoms with E-state index in [-0.39, 0.29) is 11.8 Å². The van der Waals surface area contributed by atoms with Crippen LogP contribution in [0.25, 0.3) is 0 Å². The number of hydrogen-bond acceptors (Lipinski definition) is 4. The Morgan fingerprint density at radius 1 is 1.43 bits per heavy atom. The lowest BCUT2D eigenvalue weighted by atomic mass is 9.97. The third kappa shape index (κ3) is 4.28. The van der Waals surface area contributed by atoms with Crippen molar-refractivity contribution in [2.45, 2.75) is 32.9 Å².